The molecule has 0 aliphatic heterocycles. The first kappa shape index (κ1) is 14.0. The second-order valence-electron chi connectivity index (χ2n) is 3.97. The predicted molar refractivity (Wildman–Crippen MR) is 74.1 cm³/mol. The molecule has 16 heavy (non-hydrogen) atoms. The van der Waals surface area contributed by atoms with E-state index in [0.29, 0.717) is 10.5 Å². The highest BCUT2D eigenvalue weighted by Crippen LogP contribution is 2.38. The molecule has 3 N–H and O–H groups in total. The molecule has 1 aromatic heterocycles. The Bertz CT molecular complexity index is 277. The van der Waals surface area contributed by atoms with Crippen molar-refractivity contribution in [3.8, 4) is 0 Å². The number of rotatable bonds is 7. The van der Waals surface area contributed by atoms with Crippen LogP contribution in [0.5, 0.6) is 0 Å². The van der Waals surface area contributed by atoms with Gasteiger partial charge in [0.05, 0.1) is 5.25 Å². The molecule has 1 aromatic rings. The summed E-state index contributed by atoms with van der Waals surface area (Å²) >= 11 is 3.66. The monoisotopic (exact) mass is 259 g/mol. The van der Waals surface area contributed by atoms with Crippen LogP contribution in [0.4, 0.5) is 0 Å². The van der Waals surface area contributed by atoms with Gasteiger partial charge in [0, 0.05) is 22.8 Å². The number of aliphatic hydroxyl groups excluding tert-OH is 1. The third kappa shape index (κ3) is 4.09. The van der Waals surface area contributed by atoms with E-state index < -0.39 is 0 Å². The van der Waals surface area contributed by atoms with Crippen molar-refractivity contribution in [3.63, 3.8) is 0 Å². The fourth-order valence-corrected chi connectivity index (χ4v) is 4.01. The van der Waals surface area contributed by atoms with E-state index in [4.69, 9.17) is 10.8 Å². The van der Waals surface area contributed by atoms with Gasteiger partial charge in [-0.15, -0.1) is 23.1 Å². The summed E-state index contributed by atoms with van der Waals surface area (Å²) in [7, 11) is 0. The van der Waals surface area contributed by atoms with Crippen LogP contribution < -0.4 is 5.73 Å². The van der Waals surface area contributed by atoms with Crippen LogP contribution in [0.2, 0.25) is 0 Å². The molecular weight excluding hydrogens is 238 g/mol. The zero-order valence-electron chi connectivity index (χ0n) is 9.93. The van der Waals surface area contributed by atoms with Gasteiger partial charge in [0.25, 0.3) is 0 Å². The normalized spacial score (nSPS) is 17.0. The van der Waals surface area contributed by atoms with Gasteiger partial charge in [-0.25, -0.2) is 0 Å². The number of hydrogen-bond acceptors (Lipinski definition) is 4. The second-order valence-corrected chi connectivity index (χ2v) is 6.53. The molecule has 0 spiro atoms. The molecule has 0 bridgehead atoms. The summed E-state index contributed by atoms with van der Waals surface area (Å²) in [6.07, 6.45) is 1.82. The maximum absolute atomic E-state index is 8.93. The van der Waals surface area contributed by atoms with E-state index in [9.17, 15) is 0 Å². The molecule has 0 aliphatic carbocycles. The van der Waals surface area contributed by atoms with E-state index >= 15 is 0 Å². The Kier molecular flexibility index (Phi) is 6.43. The molecule has 0 saturated heterocycles. The number of thioether (sulfide) groups is 1. The molecule has 0 radical (unpaired) electrons. The first-order valence-electron chi connectivity index (χ1n) is 5.74. The van der Waals surface area contributed by atoms with E-state index in [1.165, 1.54) is 4.88 Å². The molecule has 0 saturated carbocycles. The third-order valence-corrected chi connectivity index (χ3v) is 5.30. The van der Waals surface area contributed by atoms with Crippen molar-refractivity contribution >= 4 is 23.1 Å². The van der Waals surface area contributed by atoms with Crippen molar-refractivity contribution in [1.82, 2.24) is 0 Å². The quantitative estimate of drug-likeness (QED) is 0.791. The lowest BCUT2D eigenvalue weighted by molar-refractivity contribution is 0.288. The fraction of sp³-hybridized carbons (Fsp3) is 0.667. The summed E-state index contributed by atoms with van der Waals surface area (Å²) in [5, 5.41) is 11.9. The predicted octanol–water partition coefficient (Wildman–Crippen LogP) is 3.03. The Morgan fingerprint density at radius 3 is 2.81 bits per heavy atom. The minimum absolute atomic E-state index is 0.199. The summed E-state index contributed by atoms with van der Waals surface area (Å²) in [6.45, 7) is 4.54. The number of hydrogen-bond donors (Lipinski definition) is 2. The smallest absolute Gasteiger partial charge is 0.0544 e. The van der Waals surface area contributed by atoms with Gasteiger partial charge in [0.2, 0.25) is 0 Å². The van der Waals surface area contributed by atoms with Gasteiger partial charge in [-0.3, -0.25) is 0 Å². The highest BCUT2D eigenvalue weighted by molar-refractivity contribution is 8.00. The summed E-state index contributed by atoms with van der Waals surface area (Å²) < 4.78 is 0. The molecule has 4 heteroatoms. The summed E-state index contributed by atoms with van der Waals surface area (Å²) in [5.74, 6) is 0. The van der Waals surface area contributed by atoms with Crippen LogP contribution in [0.15, 0.2) is 17.5 Å². The molecule has 92 valence electrons. The van der Waals surface area contributed by atoms with Crippen LogP contribution in [0.25, 0.3) is 0 Å². The topological polar surface area (TPSA) is 46.2 Å². The Morgan fingerprint density at radius 2 is 2.31 bits per heavy atom. The molecule has 3 atom stereocenters. The zero-order valence-corrected chi connectivity index (χ0v) is 11.6. The Morgan fingerprint density at radius 1 is 1.56 bits per heavy atom. The van der Waals surface area contributed by atoms with Crippen LogP contribution in [0, 0.1) is 0 Å². The number of thiophene rings is 1. The van der Waals surface area contributed by atoms with Gasteiger partial charge in [-0.05, 0) is 24.3 Å². The lowest BCUT2D eigenvalue weighted by atomic mass is 10.1. The van der Waals surface area contributed by atoms with Crippen molar-refractivity contribution in [2.24, 2.45) is 5.73 Å². The second kappa shape index (κ2) is 7.33. The van der Waals surface area contributed by atoms with E-state index in [2.05, 4.69) is 31.4 Å². The van der Waals surface area contributed by atoms with Crippen molar-refractivity contribution < 1.29 is 5.11 Å². The lowest BCUT2D eigenvalue weighted by Gasteiger charge is -2.24. The Balaban J connectivity index is 2.65. The maximum atomic E-state index is 8.93. The minimum atomic E-state index is 0.199. The molecule has 0 fully saturated rings. The molecular formula is C12H21NOS2. The summed E-state index contributed by atoms with van der Waals surface area (Å²) in [5.41, 5.74) is 6.18. The maximum Gasteiger partial charge on any atom is 0.0544 e. The van der Waals surface area contributed by atoms with E-state index in [1.807, 2.05) is 11.8 Å². The largest absolute Gasteiger partial charge is 0.396 e. The van der Waals surface area contributed by atoms with Gasteiger partial charge >= 0.3 is 0 Å². The average Bonchev–Trinajstić information content (AvgIpc) is 2.78. The van der Waals surface area contributed by atoms with Gasteiger partial charge in [-0.1, -0.05) is 19.9 Å². The van der Waals surface area contributed by atoms with Gasteiger partial charge in [0.15, 0.2) is 0 Å². The van der Waals surface area contributed by atoms with E-state index in [-0.39, 0.29) is 12.6 Å². The SMILES string of the molecule is CCC(N)C(SC(C)CCO)c1cccs1. The first-order valence-corrected chi connectivity index (χ1v) is 7.56. The Labute approximate surface area is 106 Å². The standard InChI is InChI=1S/C12H21NOS2/c1-3-10(13)12(11-5-4-8-15-11)16-9(2)6-7-14/h4-5,8-10,12,14H,3,6-7,13H2,1-2H3. The number of nitrogens with two attached hydrogens (primary N) is 1. The van der Waals surface area contributed by atoms with Gasteiger partial charge < -0.3 is 10.8 Å². The highest BCUT2D eigenvalue weighted by Gasteiger charge is 2.22. The van der Waals surface area contributed by atoms with Gasteiger partial charge in [-0.2, -0.15) is 0 Å². The summed E-state index contributed by atoms with van der Waals surface area (Å²) in [6, 6.07) is 4.43. The molecule has 0 aliphatic rings. The molecule has 0 amide bonds. The molecule has 2 nitrogen and oxygen atoms in total. The molecule has 0 aromatic carbocycles. The first-order chi connectivity index (χ1) is 7.69. The number of aliphatic hydroxyl groups is 1. The molecule has 1 heterocycles. The van der Waals surface area contributed by atoms with Crippen molar-refractivity contribution in [2.75, 3.05) is 6.61 Å². The van der Waals surface area contributed by atoms with E-state index in [1.54, 1.807) is 11.3 Å². The molecule has 1 rings (SSSR count). The fourth-order valence-electron chi connectivity index (χ4n) is 1.55. The van der Waals surface area contributed by atoms with E-state index in [0.717, 1.165) is 12.8 Å². The van der Waals surface area contributed by atoms with Crippen molar-refractivity contribution in [1.29, 1.82) is 0 Å². The molecule has 3 unspecified atom stereocenters. The Hall–Kier alpha value is -0.0300. The minimum Gasteiger partial charge on any atom is -0.396 e. The van der Waals surface area contributed by atoms with Crippen LogP contribution in [0.1, 0.15) is 36.8 Å². The van der Waals surface area contributed by atoms with Crippen LogP contribution in [-0.2, 0) is 0 Å². The third-order valence-electron chi connectivity index (χ3n) is 2.60. The average molecular weight is 259 g/mol. The van der Waals surface area contributed by atoms with Gasteiger partial charge in [0.1, 0.15) is 0 Å². The van der Waals surface area contributed by atoms with Crippen LogP contribution in [-0.4, -0.2) is 23.0 Å². The zero-order chi connectivity index (χ0) is 12.0. The van der Waals surface area contributed by atoms with Crippen LogP contribution >= 0.6 is 23.1 Å². The summed E-state index contributed by atoms with van der Waals surface area (Å²) in [4.78, 5) is 1.35. The highest BCUT2D eigenvalue weighted by atomic mass is 32.2. The van der Waals surface area contributed by atoms with Crippen molar-refractivity contribution in [2.45, 2.75) is 43.2 Å². The van der Waals surface area contributed by atoms with Crippen molar-refractivity contribution in [3.05, 3.63) is 22.4 Å². The lowest BCUT2D eigenvalue weighted by Crippen LogP contribution is -2.26. The van der Waals surface area contributed by atoms with Crippen LogP contribution in [0.3, 0.4) is 0 Å².